The number of rotatable bonds is 18. The van der Waals surface area contributed by atoms with Crippen LogP contribution < -0.4 is 10.6 Å². The van der Waals surface area contributed by atoms with E-state index < -0.39 is 0 Å². The summed E-state index contributed by atoms with van der Waals surface area (Å²) < 4.78 is 0. The van der Waals surface area contributed by atoms with Gasteiger partial charge in [-0.3, -0.25) is 0 Å². The highest BCUT2D eigenvalue weighted by Gasteiger charge is 2.18. The summed E-state index contributed by atoms with van der Waals surface area (Å²) in [5.74, 6) is 0. The fourth-order valence-corrected chi connectivity index (χ4v) is 3.00. The van der Waals surface area contributed by atoms with Crippen LogP contribution in [0.15, 0.2) is 12.2 Å². The molecule has 1 aliphatic rings. The van der Waals surface area contributed by atoms with E-state index >= 15 is 0 Å². The molecule has 1 heterocycles. The first kappa shape index (κ1) is 20.7. The van der Waals surface area contributed by atoms with Crippen LogP contribution in [0.3, 0.4) is 0 Å². The van der Waals surface area contributed by atoms with E-state index in [1.54, 1.807) is 0 Å². The maximum Gasteiger partial charge on any atom is 0.0318 e. The summed E-state index contributed by atoms with van der Waals surface area (Å²) in [6, 6.07) is 0.782. The van der Waals surface area contributed by atoms with Crippen LogP contribution >= 0.6 is 0 Å². The van der Waals surface area contributed by atoms with E-state index in [-0.39, 0.29) is 0 Å². The number of nitrogens with one attached hydrogen (secondary N) is 2. The lowest BCUT2D eigenvalue weighted by Gasteiger charge is -2.03. The Morgan fingerprint density at radius 1 is 0.783 bits per heavy atom. The summed E-state index contributed by atoms with van der Waals surface area (Å²) in [7, 11) is 0. The van der Waals surface area contributed by atoms with Crippen LogP contribution in [-0.2, 0) is 0 Å². The van der Waals surface area contributed by atoms with E-state index in [4.69, 9.17) is 0 Å². The molecule has 2 heteroatoms. The van der Waals surface area contributed by atoms with Crippen LogP contribution in [0.5, 0.6) is 0 Å². The fraction of sp³-hybridized carbons (Fsp3) is 0.905. The van der Waals surface area contributed by atoms with Gasteiger partial charge in [0.15, 0.2) is 0 Å². The zero-order valence-electron chi connectivity index (χ0n) is 15.8. The molecule has 1 atom stereocenters. The third-order valence-electron chi connectivity index (χ3n) is 4.75. The molecule has 0 spiro atoms. The summed E-state index contributed by atoms with van der Waals surface area (Å²) in [4.78, 5) is 0. The zero-order chi connectivity index (χ0) is 16.4. The van der Waals surface area contributed by atoms with Crippen molar-refractivity contribution in [3.63, 3.8) is 0 Å². The van der Waals surface area contributed by atoms with Gasteiger partial charge in [0, 0.05) is 19.1 Å². The predicted octanol–water partition coefficient (Wildman–Crippen LogP) is 5.59. The second-order valence-corrected chi connectivity index (χ2v) is 7.25. The molecule has 0 saturated carbocycles. The van der Waals surface area contributed by atoms with Gasteiger partial charge in [-0.25, -0.2) is 0 Å². The van der Waals surface area contributed by atoms with E-state index in [0.717, 1.165) is 6.04 Å². The smallest absolute Gasteiger partial charge is 0.0318 e. The van der Waals surface area contributed by atoms with Crippen molar-refractivity contribution in [3.8, 4) is 0 Å². The van der Waals surface area contributed by atoms with Gasteiger partial charge in [0.05, 0.1) is 0 Å². The Balaban J connectivity index is 1.65. The average molecular weight is 323 g/mol. The molecule has 1 aliphatic heterocycles. The summed E-state index contributed by atoms with van der Waals surface area (Å²) in [5.41, 5.74) is 0. The normalized spacial score (nSPS) is 17.2. The van der Waals surface area contributed by atoms with Gasteiger partial charge in [-0.15, -0.1) is 0 Å². The SMILES string of the molecule is CCCCCCCCC=CCCCCCCCCNCC1CN1. The minimum Gasteiger partial charge on any atom is -0.315 e. The minimum atomic E-state index is 0.782. The molecule has 1 saturated heterocycles. The van der Waals surface area contributed by atoms with Crippen LogP contribution in [0.2, 0.25) is 0 Å². The molecule has 1 rings (SSSR count). The highest BCUT2D eigenvalue weighted by molar-refractivity contribution is 4.84. The monoisotopic (exact) mass is 322 g/mol. The lowest BCUT2D eigenvalue weighted by atomic mass is 10.1. The third kappa shape index (κ3) is 16.3. The number of unbranched alkanes of at least 4 members (excludes halogenated alkanes) is 12. The molecule has 2 nitrogen and oxygen atoms in total. The van der Waals surface area contributed by atoms with Gasteiger partial charge in [-0.05, 0) is 38.6 Å². The Bertz CT molecular complexity index is 259. The quantitative estimate of drug-likeness (QED) is 0.196. The molecule has 0 aliphatic carbocycles. The second kappa shape index (κ2) is 16.5. The van der Waals surface area contributed by atoms with Gasteiger partial charge in [0.25, 0.3) is 0 Å². The van der Waals surface area contributed by atoms with Crippen molar-refractivity contribution >= 4 is 0 Å². The van der Waals surface area contributed by atoms with Crippen LogP contribution in [0.4, 0.5) is 0 Å². The first-order valence-corrected chi connectivity index (χ1v) is 10.5. The van der Waals surface area contributed by atoms with Crippen molar-refractivity contribution in [2.24, 2.45) is 0 Å². The lowest BCUT2D eigenvalue weighted by Crippen LogP contribution is -2.21. The molecule has 136 valence electrons. The van der Waals surface area contributed by atoms with Crippen molar-refractivity contribution in [2.75, 3.05) is 19.6 Å². The van der Waals surface area contributed by atoms with Crippen LogP contribution in [0.1, 0.15) is 96.8 Å². The highest BCUT2D eigenvalue weighted by Crippen LogP contribution is 2.09. The van der Waals surface area contributed by atoms with Crippen molar-refractivity contribution in [1.82, 2.24) is 10.6 Å². The Morgan fingerprint density at radius 3 is 1.87 bits per heavy atom. The largest absolute Gasteiger partial charge is 0.315 e. The first-order chi connectivity index (χ1) is 11.4. The molecular formula is C21H42N2. The number of hydrogen-bond donors (Lipinski definition) is 2. The standard InChI is InChI=1S/C21H42N2/c1-2-3-4-5-6-7-8-9-10-11-12-13-14-15-16-17-18-22-19-21-20-23-21/h9-10,21-23H,2-8,11-20H2,1H3. The van der Waals surface area contributed by atoms with Crippen molar-refractivity contribution in [3.05, 3.63) is 12.2 Å². The van der Waals surface area contributed by atoms with Crippen molar-refractivity contribution < 1.29 is 0 Å². The van der Waals surface area contributed by atoms with Gasteiger partial charge >= 0.3 is 0 Å². The summed E-state index contributed by atoms with van der Waals surface area (Å²) in [6.07, 6.45) is 24.3. The van der Waals surface area contributed by atoms with E-state index in [1.807, 2.05) is 0 Å². The first-order valence-electron chi connectivity index (χ1n) is 10.5. The van der Waals surface area contributed by atoms with E-state index in [1.165, 1.54) is 110 Å². The Hall–Kier alpha value is -0.340. The highest BCUT2D eigenvalue weighted by atomic mass is 15.1. The summed E-state index contributed by atoms with van der Waals surface area (Å²) in [5, 5.41) is 6.85. The van der Waals surface area contributed by atoms with Gasteiger partial charge in [-0.1, -0.05) is 76.9 Å². The molecule has 0 aromatic rings. The molecule has 0 radical (unpaired) electrons. The number of allylic oxidation sites excluding steroid dienone is 2. The zero-order valence-corrected chi connectivity index (χ0v) is 15.8. The van der Waals surface area contributed by atoms with Gasteiger partial charge < -0.3 is 10.6 Å². The maximum atomic E-state index is 3.53. The molecular weight excluding hydrogens is 280 g/mol. The maximum absolute atomic E-state index is 3.53. The summed E-state index contributed by atoms with van der Waals surface area (Å²) >= 11 is 0. The Kier molecular flexibility index (Phi) is 14.9. The minimum absolute atomic E-state index is 0.782. The van der Waals surface area contributed by atoms with Crippen LogP contribution in [0.25, 0.3) is 0 Å². The number of hydrogen-bond acceptors (Lipinski definition) is 2. The van der Waals surface area contributed by atoms with Gasteiger partial charge in [0.2, 0.25) is 0 Å². The molecule has 0 bridgehead atoms. The average Bonchev–Trinajstić information content (AvgIpc) is 3.38. The summed E-state index contributed by atoms with van der Waals surface area (Å²) in [6.45, 7) is 5.89. The van der Waals surface area contributed by atoms with Crippen LogP contribution in [-0.4, -0.2) is 25.7 Å². The molecule has 0 aromatic carbocycles. The van der Waals surface area contributed by atoms with E-state index in [2.05, 4.69) is 29.7 Å². The molecule has 1 fully saturated rings. The van der Waals surface area contributed by atoms with Gasteiger partial charge in [-0.2, -0.15) is 0 Å². The van der Waals surface area contributed by atoms with E-state index in [0.29, 0.717) is 0 Å². The van der Waals surface area contributed by atoms with Gasteiger partial charge in [0.1, 0.15) is 0 Å². The third-order valence-corrected chi connectivity index (χ3v) is 4.75. The molecule has 1 unspecified atom stereocenters. The fourth-order valence-electron chi connectivity index (χ4n) is 3.00. The predicted molar refractivity (Wildman–Crippen MR) is 104 cm³/mol. The Labute approximate surface area is 145 Å². The molecule has 0 aromatic heterocycles. The molecule has 2 N–H and O–H groups in total. The molecule has 23 heavy (non-hydrogen) atoms. The van der Waals surface area contributed by atoms with E-state index in [9.17, 15) is 0 Å². The van der Waals surface area contributed by atoms with Crippen LogP contribution in [0, 0.1) is 0 Å². The topological polar surface area (TPSA) is 34.0 Å². The van der Waals surface area contributed by atoms with Crippen molar-refractivity contribution in [1.29, 1.82) is 0 Å². The second-order valence-electron chi connectivity index (χ2n) is 7.25. The Morgan fingerprint density at radius 2 is 1.30 bits per heavy atom. The lowest BCUT2D eigenvalue weighted by molar-refractivity contribution is 0.566. The molecule has 0 amide bonds. The van der Waals surface area contributed by atoms with Crippen molar-refractivity contribution in [2.45, 2.75) is 103 Å².